The summed E-state index contributed by atoms with van der Waals surface area (Å²) in [6.07, 6.45) is -3.49. The van der Waals surface area contributed by atoms with Crippen molar-refractivity contribution in [2.45, 2.75) is 18.6 Å². The predicted molar refractivity (Wildman–Crippen MR) is 68.0 cm³/mol. The average molecular weight is 304 g/mol. The number of aliphatic carboxylic acids is 1. The fourth-order valence-corrected chi connectivity index (χ4v) is 1.56. The van der Waals surface area contributed by atoms with Crippen molar-refractivity contribution in [3.63, 3.8) is 0 Å². The second-order valence-electron chi connectivity index (χ2n) is 4.05. The van der Waals surface area contributed by atoms with E-state index < -0.39 is 34.4 Å². The molecule has 0 aliphatic rings. The molecule has 0 fully saturated rings. The quantitative estimate of drug-likeness (QED) is 0.478. The largest absolute Gasteiger partial charge is 0.480 e. The number of alkyl halides is 3. The zero-order chi connectivity index (χ0) is 16.2. The van der Waals surface area contributed by atoms with Gasteiger partial charge in [0.25, 0.3) is 5.69 Å². The fraction of sp³-hybridized carbons (Fsp3) is 0.250. The number of rotatable bonds is 6. The van der Waals surface area contributed by atoms with Gasteiger partial charge in [-0.1, -0.05) is 6.08 Å². The maximum Gasteiger partial charge on any atom is 0.416 e. The fourth-order valence-electron chi connectivity index (χ4n) is 1.56. The van der Waals surface area contributed by atoms with Crippen molar-refractivity contribution < 1.29 is 28.0 Å². The molecule has 9 heteroatoms. The number of carbonyl (C=O) groups is 1. The van der Waals surface area contributed by atoms with Crippen LogP contribution in [0.2, 0.25) is 0 Å². The van der Waals surface area contributed by atoms with Gasteiger partial charge in [0.05, 0.1) is 10.5 Å². The minimum Gasteiger partial charge on any atom is -0.480 e. The Balaban J connectivity index is 3.20. The van der Waals surface area contributed by atoms with Crippen molar-refractivity contribution in [3.05, 3.63) is 46.5 Å². The lowest BCUT2D eigenvalue weighted by molar-refractivity contribution is -0.384. The number of nitro groups is 1. The second-order valence-corrected chi connectivity index (χ2v) is 4.05. The number of nitro benzene ring substituents is 1. The van der Waals surface area contributed by atoms with Gasteiger partial charge in [-0.05, 0) is 18.6 Å². The number of benzene rings is 1. The highest BCUT2D eigenvalue weighted by molar-refractivity contribution is 5.79. The van der Waals surface area contributed by atoms with Crippen molar-refractivity contribution in [2.24, 2.45) is 0 Å². The van der Waals surface area contributed by atoms with Crippen LogP contribution in [0.15, 0.2) is 30.9 Å². The van der Waals surface area contributed by atoms with Crippen LogP contribution in [0.3, 0.4) is 0 Å². The number of hydrogen-bond acceptors (Lipinski definition) is 4. The lowest BCUT2D eigenvalue weighted by Crippen LogP contribution is -2.28. The van der Waals surface area contributed by atoms with Gasteiger partial charge in [-0.15, -0.1) is 6.58 Å². The summed E-state index contributed by atoms with van der Waals surface area (Å²) in [5.41, 5.74) is -2.34. The molecule has 114 valence electrons. The second kappa shape index (κ2) is 6.25. The van der Waals surface area contributed by atoms with Crippen LogP contribution in [-0.4, -0.2) is 22.0 Å². The normalized spacial score (nSPS) is 12.5. The minimum atomic E-state index is -4.73. The van der Waals surface area contributed by atoms with E-state index in [0.29, 0.717) is 12.1 Å². The third kappa shape index (κ3) is 4.20. The van der Waals surface area contributed by atoms with E-state index in [4.69, 9.17) is 5.11 Å². The van der Waals surface area contributed by atoms with Crippen LogP contribution in [0.5, 0.6) is 0 Å². The Morgan fingerprint density at radius 1 is 1.52 bits per heavy atom. The van der Waals surface area contributed by atoms with Gasteiger partial charge in [-0.25, -0.2) is 4.79 Å². The molecule has 0 saturated heterocycles. The smallest absolute Gasteiger partial charge is 0.416 e. The zero-order valence-corrected chi connectivity index (χ0v) is 10.6. The van der Waals surface area contributed by atoms with Crippen LogP contribution in [-0.2, 0) is 11.0 Å². The molecule has 2 N–H and O–H groups in total. The number of anilines is 1. The average Bonchev–Trinajstić information content (AvgIpc) is 2.36. The molecule has 0 aromatic heterocycles. The number of nitrogens with one attached hydrogen (secondary N) is 1. The number of hydrogen-bond donors (Lipinski definition) is 2. The summed E-state index contributed by atoms with van der Waals surface area (Å²) >= 11 is 0. The molecule has 0 heterocycles. The van der Waals surface area contributed by atoms with E-state index in [1.807, 2.05) is 0 Å². The maximum atomic E-state index is 12.5. The van der Waals surface area contributed by atoms with Crippen LogP contribution in [0.25, 0.3) is 0 Å². The third-order valence-corrected chi connectivity index (χ3v) is 2.55. The molecule has 0 radical (unpaired) electrons. The van der Waals surface area contributed by atoms with Gasteiger partial charge >= 0.3 is 12.1 Å². The van der Waals surface area contributed by atoms with Crippen molar-refractivity contribution in [2.75, 3.05) is 5.32 Å². The Kier molecular flexibility index (Phi) is 4.90. The highest BCUT2D eigenvalue weighted by atomic mass is 19.4. The molecule has 1 aromatic rings. The molecule has 0 saturated carbocycles. The molecule has 1 unspecified atom stereocenters. The molecule has 0 spiro atoms. The van der Waals surface area contributed by atoms with Gasteiger partial charge in [-0.3, -0.25) is 10.1 Å². The highest BCUT2D eigenvalue weighted by Crippen LogP contribution is 2.35. The molecule has 0 bridgehead atoms. The standard InChI is InChI=1S/C12H11F3N2O4/c1-2-3-9(11(18)19)16-8-5-4-7(12(13,14)15)6-10(8)17(20)21/h2,4-6,9,16H,1,3H2,(H,18,19). The van der Waals surface area contributed by atoms with Gasteiger partial charge in [0.15, 0.2) is 0 Å². The van der Waals surface area contributed by atoms with Gasteiger partial charge in [0, 0.05) is 6.07 Å². The molecule has 0 amide bonds. The summed E-state index contributed by atoms with van der Waals surface area (Å²) in [5.74, 6) is -1.30. The van der Waals surface area contributed by atoms with Crippen molar-refractivity contribution in [1.82, 2.24) is 0 Å². The lowest BCUT2D eigenvalue weighted by atomic mass is 10.1. The summed E-state index contributed by atoms with van der Waals surface area (Å²) < 4.78 is 37.6. The van der Waals surface area contributed by atoms with Crippen LogP contribution in [0, 0.1) is 10.1 Å². The number of halogens is 3. The Hall–Kier alpha value is -2.58. The molecule has 1 aromatic carbocycles. The summed E-state index contributed by atoms with van der Waals surface area (Å²) in [5, 5.41) is 22.1. The Morgan fingerprint density at radius 3 is 2.57 bits per heavy atom. The summed E-state index contributed by atoms with van der Waals surface area (Å²) in [4.78, 5) is 20.8. The van der Waals surface area contributed by atoms with E-state index in [1.165, 1.54) is 6.08 Å². The van der Waals surface area contributed by atoms with Crippen molar-refractivity contribution in [3.8, 4) is 0 Å². The Bertz CT molecular complexity index is 572. The highest BCUT2D eigenvalue weighted by Gasteiger charge is 2.33. The van der Waals surface area contributed by atoms with Crippen LogP contribution in [0.4, 0.5) is 24.5 Å². The monoisotopic (exact) mass is 304 g/mol. The minimum absolute atomic E-state index is 0.0481. The molecule has 21 heavy (non-hydrogen) atoms. The van der Waals surface area contributed by atoms with Crippen LogP contribution < -0.4 is 5.32 Å². The van der Waals surface area contributed by atoms with E-state index in [1.54, 1.807) is 0 Å². The summed E-state index contributed by atoms with van der Waals surface area (Å²) in [6, 6.07) is 0.607. The lowest BCUT2D eigenvalue weighted by Gasteiger charge is -2.15. The predicted octanol–water partition coefficient (Wildman–Crippen LogP) is 3.05. The van der Waals surface area contributed by atoms with Crippen LogP contribution >= 0.6 is 0 Å². The maximum absolute atomic E-state index is 12.5. The third-order valence-electron chi connectivity index (χ3n) is 2.55. The first-order chi connectivity index (χ1) is 9.66. The van der Waals surface area contributed by atoms with Gasteiger partial charge in [-0.2, -0.15) is 13.2 Å². The van der Waals surface area contributed by atoms with Gasteiger partial charge in [0.1, 0.15) is 11.7 Å². The van der Waals surface area contributed by atoms with Gasteiger partial charge < -0.3 is 10.4 Å². The molecule has 6 nitrogen and oxygen atoms in total. The first-order valence-corrected chi connectivity index (χ1v) is 5.62. The Morgan fingerprint density at radius 2 is 2.14 bits per heavy atom. The van der Waals surface area contributed by atoms with Crippen molar-refractivity contribution >= 4 is 17.3 Å². The molecule has 1 rings (SSSR count). The number of carboxylic acid groups (broad SMARTS) is 1. The molecular formula is C12H11F3N2O4. The topological polar surface area (TPSA) is 92.5 Å². The van der Waals surface area contributed by atoms with Crippen LogP contribution in [0.1, 0.15) is 12.0 Å². The van der Waals surface area contributed by atoms with Gasteiger partial charge in [0.2, 0.25) is 0 Å². The number of nitrogens with zero attached hydrogens (tertiary/aromatic N) is 1. The Labute approximate surface area is 117 Å². The molecule has 0 aliphatic carbocycles. The molecule has 0 aliphatic heterocycles. The molecular weight excluding hydrogens is 293 g/mol. The van der Waals surface area contributed by atoms with Crippen molar-refractivity contribution in [1.29, 1.82) is 0 Å². The van der Waals surface area contributed by atoms with E-state index in [9.17, 15) is 28.1 Å². The summed E-state index contributed by atoms with van der Waals surface area (Å²) in [6.45, 7) is 3.34. The van der Waals surface area contributed by atoms with E-state index in [0.717, 1.165) is 6.07 Å². The summed E-state index contributed by atoms with van der Waals surface area (Å²) in [7, 11) is 0. The number of carboxylic acids is 1. The van der Waals surface area contributed by atoms with E-state index >= 15 is 0 Å². The molecule has 1 atom stereocenters. The SMILES string of the molecule is C=CCC(Nc1ccc(C(F)(F)F)cc1[N+](=O)[O-])C(=O)O. The first-order valence-electron chi connectivity index (χ1n) is 5.62. The first kappa shape index (κ1) is 16.5. The zero-order valence-electron chi connectivity index (χ0n) is 10.6. The van der Waals surface area contributed by atoms with E-state index in [-0.39, 0.29) is 12.1 Å². The van der Waals surface area contributed by atoms with E-state index in [2.05, 4.69) is 11.9 Å².